The Morgan fingerprint density at radius 3 is 2.02 bits per heavy atom. The van der Waals surface area contributed by atoms with Crippen LogP contribution in [-0.4, -0.2) is 0 Å². The molecule has 2 aliphatic rings. The van der Waals surface area contributed by atoms with Crippen LogP contribution >= 0.6 is 0 Å². The second-order valence-electron chi connectivity index (χ2n) is 16.1. The van der Waals surface area contributed by atoms with Crippen molar-refractivity contribution in [3.8, 4) is 55.6 Å². The van der Waals surface area contributed by atoms with E-state index in [0.29, 0.717) is 0 Å². The van der Waals surface area contributed by atoms with E-state index in [0.717, 1.165) is 50.5 Å². The lowest BCUT2D eigenvalue weighted by Crippen LogP contribution is -2.14. The zero-order valence-corrected chi connectivity index (χ0v) is 32.9. The van der Waals surface area contributed by atoms with Crippen LogP contribution in [0.1, 0.15) is 36.3 Å². The maximum absolute atomic E-state index is 6.47. The van der Waals surface area contributed by atoms with Crippen molar-refractivity contribution in [1.29, 1.82) is 0 Å². The summed E-state index contributed by atoms with van der Waals surface area (Å²) in [5.41, 5.74) is 20.5. The summed E-state index contributed by atoms with van der Waals surface area (Å²) >= 11 is 0. The minimum atomic E-state index is -0.0687. The molecule has 0 unspecified atom stereocenters. The first-order chi connectivity index (χ1) is 28.4. The van der Waals surface area contributed by atoms with E-state index < -0.39 is 0 Å². The van der Waals surface area contributed by atoms with Gasteiger partial charge >= 0.3 is 0 Å². The molecule has 2 heteroatoms. The second-order valence-corrected chi connectivity index (χ2v) is 16.1. The van der Waals surface area contributed by atoms with Gasteiger partial charge in [-0.1, -0.05) is 160 Å². The Labute approximate surface area is 339 Å². The zero-order valence-electron chi connectivity index (χ0n) is 32.9. The first kappa shape index (κ1) is 34.1. The van der Waals surface area contributed by atoms with E-state index >= 15 is 0 Å². The van der Waals surface area contributed by atoms with Crippen LogP contribution in [-0.2, 0) is 5.41 Å². The Morgan fingerprint density at radius 2 is 1.19 bits per heavy atom. The number of hydrogen-bond donors (Lipinski definition) is 0. The van der Waals surface area contributed by atoms with Crippen LogP contribution < -0.4 is 4.90 Å². The van der Waals surface area contributed by atoms with Gasteiger partial charge in [-0.3, -0.25) is 0 Å². The van der Waals surface area contributed by atoms with Crippen LogP contribution in [0, 0.1) is 6.92 Å². The van der Waals surface area contributed by atoms with Crippen molar-refractivity contribution in [2.75, 3.05) is 4.90 Å². The molecule has 2 nitrogen and oxygen atoms in total. The van der Waals surface area contributed by atoms with Crippen molar-refractivity contribution in [2.24, 2.45) is 0 Å². The lowest BCUT2D eigenvalue weighted by Gasteiger charge is -2.27. The number of aryl methyl sites for hydroxylation is 1. The van der Waals surface area contributed by atoms with Crippen molar-refractivity contribution < 1.29 is 4.42 Å². The number of hydrogen-bond acceptors (Lipinski definition) is 2. The number of rotatable bonds is 7. The molecule has 1 aromatic heterocycles. The van der Waals surface area contributed by atoms with Gasteiger partial charge in [0.1, 0.15) is 11.3 Å². The van der Waals surface area contributed by atoms with E-state index in [-0.39, 0.29) is 5.41 Å². The highest BCUT2D eigenvalue weighted by molar-refractivity contribution is 6.15. The van der Waals surface area contributed by atoms with Crippen molar-refractivity contribution in [3.05, 3.63) is 205 Å². The Hall–Kier alpha value is -7.16. The number of allylic oxidation sites excluding steroid dienone is 2. The predicted octanol–water partition coefficient (Wildman–Crippen LogP) is 15.9. The largest absolute Gasteiger partial charge is 0.456 e. The summed E-state index contributed by atoms with van der Waals surface area (Å²) in [5, 5.41) is 3.73. The summed E-state index contributed by atoms with van der Waals surface area (Å²) in [6, 6.07) is 60.5. The summed E-state index contributed by atoms with van der Waals surface area (Å²) in [6.07, 6.45) is 5.69. The Kier molecular flexibility index (Phi) is 7.61. The van der Waals surface area contributed by atoms with Gasteiger partial charge in [0.25, 0.3) is 0 Å². The Bertz CT molecular complexity index is 3170. The smallest absolute Gasteiger partial charge is 0.142 e. The van der Waals surface area contributed by atoms with Gasteiger partial charge in [0.05, 0.1) is 0 Å². The van der Waals surface area contributed by atoms with Gasteiger partial charge in [-0.25, -0.2) is 0 Å². The molecular formula is C56H41NO. The van der Waals surface area contributed by atoms with Crippen LogP contribution in [0.15, 0.2) is 187 Å². The van der Waals surface area contributed by atoms with E-state index in [1.54, 1.807) is 6.08 Å². The maximum Gasteiger partial charge on any atom is 0.142 e. The van der Waals surface area contributed by atoms with Gasteiger partial charge in [0, 0.05) is 39.0 Å². The first-order valence-electron chi connectivity index (χ1n) is 20.1. The number of nitrogens with zero attached hydrogens (tertiary/aromatic N) is 1. The van der Waals surface area contributed by atoms with Crippen molar-refractivity contribution in [2.45, 2.75) is 26.2 Å². The van der Waals surface area contributed by atoms with Gasteiger partial charge in [-0.05, 0) is 121 Å². The van der Waals surface area contributed by atoms with Crippen LogP contribution in [0.25, 0.3) is 83.5 Å². The molecule has 0 N–H and O–H groups in total. The Balaban J connectivity index is 1.07. The number of para-hydroxylation sites is 1. The fourth-order valence-corrected chi connectivity index (χ4v) is 9.77. The third kappa shape index (κ3) is 5.05. The first-order valence-corrected chi connectivity index (χ1v) is 20.1. The van der Waals surface area contributed by atoms with Gasteiger partial charge in [-0.2, -0.15) is 0 Å². The molecule has 0 saturated heterocycles. The molecule has 276 valence electrons. The van der Waals surface area contributed by atoms with Crippen molar-refractivity contribution in [3.63, 3.8) is 0 Å². The fraction of sp³-hybridized carbons (Fsp3) is 0.0714. The lowest BCUT2D eigenvalue weighted by atomic mass is 9.82. The molecule has 58 heavy (non-hydrogen) atoms. The summed E-state index contributed by atoms with van der Waals surface area (Å²) in [5.74, 6) is 0.857. The predicted molar refractivity (Wildman–Crippen MR) is 245 cm³/mol. The van der Waals surface area contributed by atoms with Crippen LogP contribution in [0.4, 0.5) is 17.1 Å². The SMILES string of the molecule is C=C/C=C\c1oc2c(-c3ccc(N(c4cccc(-c5cccc6c5-c5ccccc5C6(C)C)c4)c4ccc5c(c4)-c4cccc6cccc-5c46)cc3)cccc2c1C. The highest BCUT2D eigenvalue weighted by atomic mass is 16.3. The molecule has 11 rings (SSSR count). The average Bonchev–Trinajstić information content (AvgIpc) is 3.85. The molecule has 8 aromatic carbocycles. The van der Waals surface area contributed by atoms with Crippen LogP contribution in [0.2, 0.25) is 0 Å². The third-order valence-corrected chi connectivity index (χ3v) is 12.6. The molecule has 0 aliphatic heterocycles. The standard InChI is InChI=1S/C56H41NO/c1-5-6-26-52-35(2)42-19-12-21-44(55(42)58-52)36-27-29-39(30-28-36)57(41-31-32-45-46-22-10-14-37-15-11-23-47(53(37)46)49(45)34-41)40-17-9-16-38(33-40)43-20-13-25-51-54(43)48-18-7-8-24-50(48)56(51,3)4/h5-34H,1H2,2-4H3/b26-6-. The number of anilines is 3. The van der Waals surface area contributed by atoms with E-state index in [4.69, 9.17) is 4.42 Å². The molecule has 2 aliphatic carbocycles. The van der Waals surface area contributed by atoms with Crippen molar-refractivity contribution >= 4 is 44.9 Å². The molecular weight excluding hydrogens is 703 g/mol. The lowest BCUT2D eigenvalue weighted by molar-refractivity contribution is 0.602. The zero-order chi connectivity index (χ0) is 39.1. The summed E-state index contributed by atoms with van der Waals surface area (Å²) in [6.45, 7) is 10.7. The fourth-order valence-electron chi connectivity index (χ4n) is 9.77. The molecule has 0 spiro atoms. The van der Waals surface area contributed by atoms with Gasteiger partial charge < -0.3 is 9.32 Å². The molecule has 9 aromatic rings. The number of furan rings is 1. The highest BCUT2D eigenvalue weighted by Gasteiger charge is 2.36. The average molecular weight is 744 g/mol. The van der Waals surface area contributed by atoms with Gasteiger partial charge in [0.2, 0.25) is 0 Å². The van der Waals surface area contributed by atoms with Crippen LogP contribution in [0.3, 0.4) is 0 Å². The van der Waals surface area contributed by atoms with E-state index in [2.05, 4.69) is 196 Å². The van der Waals surface area contributed by atoms with E-state index in [9.17, 15) is 0 Å². The van der Waals surface area contributed by atoms with Crippen molar-refractivity contribution in [1.82, 2.24) is 0 Å². The van der Waals surface area contributed by atoms with E-state index in [1.807, 2.05) is 12.2 Å². The van der Waals surface area contributed by atoms with Crippen LogP contribution in [0.5, 0.6) is 0 Å². The summed E-state index contributed by atoms with van der Waals surface area (Å²) in [4.78, 5) is 2.41. The highest BCUT2D eigenvalue weighted by Crippen LogP contribution is 2.53. The topological polar surface area (TPSA) is 16.4 Å². The molecule has 0 saturated carbocycles. The van der Waals surface area contributed by atoms with Gasteiger partial charge in [0.15, 0.2) is 0 Å². The molecule has 0 bridgehead atoms. The second kappa shape index (κ2) is 12.9. The van der Waals surface area contributed by atoms with Gasteiger partial charge in [-0.15, -0.1) is 0 Å². The summed E-state index contributed by atoms with van der Waals surface area (Å²) < 4.78 is 6.47. The Morgan fingerprint density at radius 1 is 0.534 bits per heavy atom. The minimum absolute atomic E-state index is 0.0687. The normalized spacial score (nSPS) is 13.2. The molecule has 1 heterocycles. The monoisotopic (exact) mass is 743 g/mol. The molecule has 0 atom stereocenters. The molecule has 0 fully saturated rings. The maximum atomic E-state index is 6.47. The molecule has 0 amide bonds. The van der Waals surface area contributed by atoms with E-state index in [1.165, 1.54) is 66.4 Å². The number of fused-ring (bicyclic) bond motifs is 7. The minimum Gasteiger partial charge on any atom is -0.456 e. The molecule has 0 radical (unpaired) electrons. The third-order valence-electron chi connectivity index (χ3n) is 12.6. The summed E-state index contributed by atoms with van der Waals surface area (Å²) in [7, 11) is 0. The number of benzene rings is 8. The quantitative estimate of drug-likeness (QED) is 0.151.